The van der Waals surface area contributed by atoms with Gasteiger partial charge < -0.3 is 0 Å². The van der Waals surface area contributed by atoms with E-state index in [1.165, 1.54) is 39.9 Å². The summed E-state index contributed by atoms with van der Waals surface area (Å²) in [5.41, 5.74) is 1.69. The highest BCUT2D eigenvalue weighted by Crippen LogP contribution is 2.32. The molecule has 10 heteroatoms. The zero-order chi connectivity index (χ0) is 21.3. The molecule has 3 aromatic rings. The van der Waals surface area contributed by atoms with Crippen molar-refractivity contribution in [2.45, 2.75) is 17.7 Å². The molecule has 2 heterocycles. The van der Waals surface area contributed by atoms with Crippen molar-refractivity contribution >= 4 is 55.6 Å². The summed E-state index contributed by atoms with van der Waals surface area (Å²) in [4.78, 5) is 17.1. The number of carbonyl (C=O) groups excluding carboxylic acids is 1. The Morgan fingerprint density at radius 1 is 1.07 bits per heavy atom. The minimum absolute atomic E-state index is 0.190. The average molecular weight is 482 g/mol. The van der Waals surface area contributed by atoms with E-state index in [-0.39, 0.29) is 10.8 Å². The van der Waals surface area contributed by atoms with E-state index in [0.717, 1.165) is 12.8 Å². The lowest BCUT2D eigenvalue weighted by Gasteiger charge is -2.15. The zero-order valence-corrected chi connectivity index (χ0v) is 18.8. The van der Waals surface area contributed by atoms with Gasteiger partial charge in [0.2, 0.25) is 10.0 Å². The predicted octanol–water partition coefficient (Wildman–Crippen LogP) is 5.15. The van der Waals surface area contributed by atoms with Gasteiger partial charge in [-0.15, -0.1) is 11.3 Å². The van der Waals surface area contributed by atoms with Crippen LogP contribution in [0.15, 0.2) is 52.7 Å². The van der Waals surface area contributed by atoms with Crippen molar-refractivity contribution in [3.8, 4) is 11.3 Å². The molecule has 1 aromatic heterocycles. The monoisotopic (exact) mass is 481 g/mol. The van der Waals surface area contributed by atoms with Gasteiger partial charge in [0.1, 0.15) is 0 Å². The molecule has 1 N–H and O–H groups in total. The molecule has 2 aromatic carbocycles. The van der Waals surface area contributed by atoms with E-state index < -0.39 is 10.0 Å². The second-order valence-corrected chi connectivity index (χ2v) is 10.4. The molecule has 6 nitrogen and oxygen atoms in total. The molecule has 0 radical (unpaired) electrons. The summed E-state index contributed by atoms with van der Waals surface area (Å²) in [6.45, 7) is 1.07. The molecule has 4 rings (SSSR count). The smallest absolute Gasteiger partial charge is 0.257 e. The van der Waals surface area contributed by atoms with E-state index in [9.17, 15) is 13.2 Å². The number of thiazole rings is 1. The first kappa shape index (κ1) is 21.3. The third-order valence-electron chi connectivity index (χ3n) is 4.75. The number of halogens is 2. The lowest BCUT2D eigenvalue weighted by atomic mass is 10.2. The van der Waals surface area contributed by atoms with Crippen LogP contribution in [-0.4, -0.2) is 36.7 Å². The summed E-state index contributed by atoms with van der Waals surface area (Å²) >= 11 is 13.4. The number of nitrogens with zero attached hydrogens (tertiary/aromatic N) is 2. The van der Waals surface area contributed by atoms with Crippen molar-refractivity contribution < 1.29 is 13.2 Å². The Labute approximate surface area is 188 Å². The van der Waals surface area contributed by atoms with Gasteiger partial charge in [-0.2, -0.15) is 4.31 Å². The van der Waals surface area contributed by atoms with Crippen molar-refractivity contribution in [1.29, 1.82) is 0 Å². The molecule has 1 fully saturated rings. The van der Waals surface area contributed by atoms with Crippen molar-refractivity contribution in [3.05, 3.63) is 63.5 Å². The Morgan fingerprint density at radius 2 is 1.77 bits per heavy atom. The van der Waals surface area contributed by atoms with Crippen LogP contribution in [0.2, 0.25) is 10.0 Å². The summed E-state index contributed by atoms with van der Waals surface area (Å²) in [5, 5.41) is 5.93. The quantitative estimate of drug-likeness (QED) is 0.545. The Hall–Kier alpha value is -1.97. The van der Waals surface area contributed by atoms with Crippen molar-refractivity contribution in [1.82, 2.24) is 9.29 Å². The number of anilines is 1. The Morgan fingerprint density at radius 3 is 2.43 bits per heavy atom. The van der Waals surface area contributed by atoms with E-state index in [4.69, 9.17) is 23.2 Å². The molecule has 0 saturated carbocycles. The number of hydrogen-bond acceptors (Lipinski definition) is 5. The highest BCUT2D eigenvalue weighted by Gasteiger charge is 2.27. The molecular weight excluding hydrogens is 465 g/mol. The number of carbonyl (C=O) groups is 1. The normalized spacial score (nSPS) is 14.7. The van der Waals surface area contributed by atoms with Crippen LogP contribution in [0.3, 0.4) is 0 Å². The maximum Gasteiger partial charge on any atom is 0.257 e. The van der Waals surface area contributed by atoms with Crippen LogP contribution in [0.4, 0.5) is 5.13 Å². The van der Waals surface area contributed by atoms with Crippen molar-refractivity contribution in [2.75, 3.05) is 18.4 Å². The van der Waals surface area contributed by atoms with Gasteiger partial charge in [0.25, 0.3) is 5.91 Å². The van der Waals surface area contributed by atoms with Crippen LogP contribution in [0.5, 0.6) is 0 Å². The summed E-state index contributed by atoms with van der Waals surface area (Å²) < 4.78 is 26.7. The van der Waals surface area contributed by atoms with Gasteiger partial charge >= 0.3 is 0 Å². The number of nitrogens with one attached hydrogen (secondary N) is 1. The zero-order valence-electron chi connectivity index (χ0n) is 15.6. The van der Waals surface area contributed by atoms with Gasteiger partial charge in [-0.05, 0) is 55.3 Å². The highest BCUT2D eigenvalue weighted by atomic mass is 35.5. The van der Waals surface area contributed by atoms with Gasteiger partial charge in [-0.1, -0.05) is 23.2 Å². The van der Waals surface area contributed by atoms with Gasteiger partial charge in [-0.25, -0.2) is 13.4 Å². The van der Waals surface area contributed by atoms with Gasteiger partial charge in [0, 0.05) is 34.6 Å². The Bertz CT molecular complexity index is 1190. The summed E-state index contributed by atoms with van der Waals surface area (Å²) in [6.07, 6.45) is 1.74. The van der Waals surface area contributed by atoms with Crippen LogP contribution in [0.1, 0.15) is 23.2 Å². The maximum atomic E-state index is 12.6. The van der Waals surface area contributed by atoms with Crippen LogP contribution < -0.4 is 5.32 Å². The van der Waals surface area contributed by atoms with Crippen LogP contribution in [0, 0.1) is 0 Å². The molecule has 156 valence electrons. The first-order valence-electron chi connectivity index (χ1n) is 9.17. The molecule has 0 bridgehead atoms. The maximum absolute atomic E-state index is 12.6. The van der Waals surface area contributed by atoms with Crippen LogP contribution in [-0.2, 0) is 10.0 Å². The lowest BCUT2D eigenvalue weighted by molar-refractivity contribution is 0.102. The second kappa shape index (κ2) is 8.64. The Balaban J connectivity index is 1.47. The second-order valence-electron chi connectivity index (χ2n) is 6.75. The largest absolute Gasteiger partial charge is 0.298 e. The molecular formula is C20H17Cl2N3O3S2. The first-order valence-corrected chi connectivity index (χ1v) is 12.2. The molecule has 0 spiro atoms. The van der Waals surface area contributed by atoms with E-state index >= 15 is 0 Å². The van der Waals surface area contributed by atoms with E-state index in [1.807, 2.05) is 0 Å². The molecule has 30 heavy (non-hydrogen) atoms. The fraction of sp³-hybridized carbons (Fsp3) is 0.200. The molecule has 0 aliphatic carbocycles. The van der Waals surface area contributed by atoms with Crippen LogP contribution >= 0.6 is 34.5 Å². The van der Waals surface area contributed by atoms with E-state index in [2.05, 4.69) is 10.3 Å². The fourth-order valence-electron chi connectivity index (χ4n) is 3.18. The highest BCUT2D eigenvalue weighted by molar-refractivity contribution is 7.89. The molecule has 1 amide bonds. The fourth-order valence-corrected chi connectivity index (χ4v) is 5.91. The first-order chi connectivity index (χ1) is 14.3. The minimum atomic E-state index is -3.51. The topological polar surface area (TPSA) is 79.4 Å². The van der Waals surface area contributed by atoms with Gasteiger partial charge in [0.05, 0.1) is 15.6 Å². The molecule has 1 saturated heterocycles. The predicted molar refractivity (Wildman–Crippen MR) is 120 cm³/mol. The molecule has 1 aliphatic heterocycles. The van der Waals surface area contributed by atoms with E-state index in [1.54, 1.807) is 23.6 Å². The van der Waals surface area contributed by atoms with Crippen LogP contribution in [0.25, 0.3) is 11.3 Å². The van der Waals surface area contributed by atoms with Gasteiger partial charge in [-0.3, -0.25) is 10.1 Å². The summed E-state index contributed by atoms with van der Waals surface area (Å²) in [6, 6.07) is 11.1. The standard InChI is InChI=1S/C20H17Cl2N3O3S2/c21-14-5-8-16(17(22)11-14)18-12-29-20(23-18)24-19(26)13-3-6-15(7-4-13)30(27,28)25-9-1-2-10-25/h3-8,11-12H,1-2,9-10H2,(H,23,24,26). The number of hydrogen-bond donors (Lipinski definition) is 1. The van der Waals surface area contributed by atoms with Gasteiger partial charge in [0.15, 0.2) is 5.13 Å². The SMILES string of the molecule is O=C(Nc1nc(-c2ccc(Cl)cc2Cl)cs1)c1ccc(S(=O)(=O)N2CCCC2)cc1. The summed E-state index contributed by atoms with van der Waals surface area (Å²) in [5.74, 6) is -0.372. The van der Waals surface area contributed by atoms with Crippen molar-refractivity contribution in [3.63, 3.8) is 0 Å². The average Bonchev–Trinajstić information content (AvgIpc) is 3.41. The molecule has 1 aliphatic rings. The number of rotatable bonds is 5. The minimum Gasteiger partial charge on any atom is -0.298 e. The lowest BCUT2D eigenvalue weighted by Crippen LogP contribution is -2.27. The molecule has 0 atom stereocenters. The summed E-state index contributed by atoms with van der Waals surface area (Å²) in [7, 11) is -3.51. The number of sulfonamides is 1. The number of amides is 1. The molecule has 0 unspecified atom stereocenters. The number of benzene rings is 2. The van der Waals surface area contributed by atoms with E-state index in [0.29, 0.717) is 45.1 Å². The third-order valence-corrected chi connectivity index (χ3v) is 7.97. The Kier molecular flexibility index (Phi) is 6.13. The van der Waals surface area contributed by atoms with Crippen molar-refractivity contribution in [2.24, 2.45) is 0 Å². The third kappa shape index (κ3) is 4.38. The number of aromatic nitrogens is 1.